The van der Waals surface area contributed by atoms with Crippen LogP contribution >= 0.6 is 0 Å². The van der Waals surface area contributed by atoms with Crippen molar-refractivity contribution >= 4 is 0 Å². The molecule has 0 aliphatic carbocycles. The van der Waals surface area contributed by atoms with Gasteiger partial charge in [0.25, 0.3) is 0 Å². The maximum Gasteiger partial charge on any atom is 0.00191 e. The van der Waals surface area contributed by atoms with E-state index in [1.165, 1.54) is 39.0 Å². The zero-order valence-corrected chi connectivity index (χ0v) is 13.8. The summed E-state index contributed by atoms with van der Waals surface area (Å²) >= 11 is 0. The number of piperidine rings is 1. The van der Waals surface area contributed by atoms with Crippen LogP contribution in [0, 0.1) is 17.8 Å². The van der Waals surface area contributed by atoms with Crippen molar-refractivity contribution in [3.8, 4) is 0 Å². The van der Waals surface area contributed by atoms with E-state index in [1.807, 2.05) is 0 Å². The third kappa shape index (κ3) is 7.91. The Labute approximate surface area is 120 Å². The number of nitrogens with zero attached hydrogens (tertiary/aromatic N) is 2. The zero-order chi connectivity index (χ0) is 14.3. The fourth-order valence-corrected chi connectivity index (χ4v) is 2.99. The number of nitrogens with one attached hydrogen (secondary N) is 1. The van der Waals surface area contributed by atoms with E-state index in [1.54, 1.807) is 0 Å². The van der Waals surface area contributed by atoms with Crippen molar-refractivity contribution in [1.82, 2.24) is 15.1 Å². The molecule has 114 valence electrons. The molecule has 1 aliphatic rings. The van der Waals surface area contributed by atoms with Crippen molar-refractivity contribution in [2.45, 2.75) is 33.6 Å². The number of hydrogen-bond donors (Lipinski definition) is 1. The number of rotatable bonds is 8. The summed E-state index contributed by atoms with van der Waals surface area (Å²) in [5.41, 5.74) is 0. The molecule has 3 nitrogen and oxygen atoms in total. The van der Waals surface area contributed by atoms with Crippen molar-refractivity contribution in [2.75, 3.05) is 53.4 Å². The van der Waals surface area contributed by atoms with Crippen molar-refractivity contribution < 1.29 is 0 Å². The van der Waals surface area contributed by atoms with Crippen molar-refractivity contribution in [3.05, 3.63) is 0 Å². The van der Waals surface area contributed by atoms with E-state index in [2.05, 4.69) is 50.0 Å². The van der Waals surface area contributed by atoms with E-state index in [0.29, 0.717) is 0 Å². The van der Waals surface area contributed by atoms with Crippen LogP contribution in [0.2, 0.25) is 0 Å². The van der Waals surface area contributed by atoms with Crippen LogP contribution in [0.3, 0.4) is 0 Å². The Bertz CT molecular complexity index is 220. The summed E-state index contributed by atoms with van der Waals surface area (Å²) in [6.07, 6.45) is 2.76. The van der Waals surface area contributed by atoms with Crippen molar-refractivity contribution in [1.29, 1.82) is 0 Å². The molecule has 1 aliphatic heterocycles. The molecule has 1 rings (SSSR count). The molecular formula is C16H35N3. The normalized spacial score (nSPS) is 20.4. The monoisotopic (exact) mass is 269 g/mol. The second kappa shape index (κ2) is 8.93. The lowest BCUT2D eigenvalue weighted by molar-refractivity contribution is 0.146. The average molecular weight is 269 g/mol. The van der Waals surface area contributed by atoms with Gasteiger partial charge in [0.05, 0.1) is 0 Å². The Balaban J connectivity index is 2.11. The molecule has 1 atom stereocenters. The lowest BCUT2D eigenvalue weighted by atomic mass is 9.95. The highest BCUT2D eigenvalue weighted by atomic mass is 15.1. The van der Waals surface area contributed by atoms with Crippen LogP contribution in [0.5, 0.6) is 0 Å². The molecule has 1 saturated heterocycles. The van der Waals surface area contributed by atoms with E-state index in [0.717, 1.165) is 30.8 Å². The molecular weight excluding hydrogens is 234 g/mol. The molecule has 0 amide bonds. The van der Waals surface area contributed by atoms with Gasteiger partial charge in [-0.1, -0.05) is 20.8 Å². The Morgan fingerprint density at radius 2 is 1.74 bits per heavy atom. The predicted molar refractivity (Wildman–Crippen MR) is 84.6 cm³/mol. The van der Waals surface area contributed by atoms with Gasteiger partial charge in [-0.15, -0.1) is 0 Å². The standard InChI is InChI=1S/C16H35N3/c1-14(2)10-17-11-15(3)12-19-8-6-16(7-9-19)13-18(4)5/h14-17H,6-13H2,1-5H3. The molecule has 19 heavy (non-hydrogen) atoms. The van der Waals surface area contributed by atoms with Gasteiger partial charge in [0.15, 0.2) is 0 Å². The maximum atomic E-state index is 3.58. The van der Waals surface area contributed by atoms with Crippen LogP contribution in [0.25, 0.3) is 0 Å². The summed E-state index contributed by atoms with van der Waals surface area (Å²) in [6.45, 7) is 14.4. The van der Waals surface area contributed by atoms with Crippen LogP contribution in [-0.2, 0) is 0 Å². The van der Waals surface area contributed by atoms with Crippen LogP contribution in [0.4, 0.5) is 0 Å². The molecule has 1 N–H and O–H groups in total. The Morgan fingerprint density at radius 3 is 2.26 bits per heavy atom. The molecule has 0 spiro atoms. The summed E-state index contributed by atoms with van der Waals surface area (Å²) in [5.74, 6) is 2.44. The largest absolute Gasteiger partial charge is 0.316 e. The van der Waals surface area contributed by atoms with Gasteiger partial charge in [0, 0.05) is 13.1 Å². The first-order valence-corrected chi connectivity index (χ1v) is 8.05. The van der Waals surface area contributed by atoms with E-state index >= 15 is 0 Å². The Kier molecular flexibility index (Phi) is 7.96. The summed E-state index contributed by atoms with van der Waals surface area (Å²) in [7, 11) is 4.38. The van der Waals surface area contributed by atoms with Crippen molar-refractivity contribution in [3.63, 3.8) is 0 Å². The van der Waals surface area contributed by atoms with Crippen LogP contribution in [-0.4, -0.2) is 63.2 Å². The molecule has 3 heteroatoms. The number of likely N-dealkylation sites (tertiary alicyclic amines) is 1. The minimum absolute atomic E-state index is 0.758. The van der Waals surface area contributed by atoms with E-state index in [-0.39, 0.29) is 0 Å². The quantitative estimate of drug-likeness (QED) is 0.728. The summed E-state index contributed by atoms with van der Waals surface area (Å²) in [4.78, 5) is 4.99. The van der Waals surface area contributed by atoms with Gasteiger partial charge in [-0.05, 0) is 70.9 Å². The fourth-order valence-electron chi connectivity index (χ4n) is 2.99. The van der Waals surface area contributed by atoms with E-state index in [4.69, 9.17) is 0 Å². The van der Waals surface area contributed by atoms with Gasteiger partial charge >= 0.3 is 0 Å². The van der Waals surface area contributed by atoms with Gasteiger partial charge < -0.3 is 15.1 Å². The highest BCUT2D eigenvalue weighted by molar-refractivity contribution is 4.75. The molecule has 0 radical (unpaired) electrons. The topological polar surface area (TPSA) is 18.5 Å². The van der Waals surface area contributed by atoms with Gasteiger partial charge in [0.2, 0.25) is 0 Å². The summed E-state index contributed by atoms with van der Waals surface area (Å²) in [5, 5.41) is 3.58. The first-order valence-electron chi connectivity index (χ1n) is 8.05. The first kappa shape index (κ1) is 16.9. The Hall–Kier alpha value is -0.120. The minimum atomic E-state index is 0.758. The smallest absolute Gasteiger partial charge is 0.00191 e. The molecule has 1 heterocycles. The second-order valence-corrected chi connectivity index (χ2v) is 7.16. The minimum Gasteiger partial charge on any atom is -0.316 e. The fraction of sp³-hybridized carbons (Fsp3) is 1.00. The molecule has 0 aromatic rings. The first-order chi connectivity index (χ1) is 8.97. The van der Waals surface area contributed by atoms with E-state index in [9.17, 15) is 0 Å². The van der Waals surface area contributed by atoms with Crippen LogP contribution < -0.4 is 5.32 Å². The third-order valence-corrected chi connectivity index (χ3v) is 3.95. The average Bonchev–Trinajstić information content (AvgIpc) is 2.30. The second-order valence-electron chi connectivity index (χ2n) is 7.16. The molecule has 1 fully saturated rings. The third-order valence-electron chi connectivity index (χ3n) is 3.95. The lowest BCUT2D eigenvalue weighted by Crippen LogP contribution is -2.41. The van der Waals surface area contributed by atoms with Gasteiger partial charge in [-0.2, -0.15) is 0 Å². The van der Waals surface area contributed by atoms with Crippen LogP contribution in [0.15, 0.2) is 0 Å². The molecule has 0 aromatic heterocycles. The molecule has 0 saturated carbocycles. The SMILES string of the molecule is CC(C)CNCC(C)CN1CCC(CN(C)C)CC1. The van der Waals surface area contributed by atoms with E-state index < -0.39 is 0 Å². The highest BCUT2D eigenvalue weighted by Crippen LogP contribution is 2.18. The molecule has 0 bridgehead atoms. The summed E-state index contributed by atoms with van der Waals surface area (Å²) < 4.78 is 0. The molecule has 1 unspecified atom stereocenters. The highest BCUT2D eigenvalue weighted by Gasteiger charge is 2.20. The van der Waals surface area contributed by atoms with Gasteiger partial charge in [0.1, 0.15) is 0 Å². The number of hydrogen-bond acceptors (Lipinski definition) is 3. The Morgan fingerprint density at radius 1 is 1.11 bits per heavy atom. The zero-order valence-electron chi connectivity index (χ0n) is 13.8. The molecule has 0 aromatic carbocycles. The predicted octanol–water partition coefficient (Wildman–Crippen LogP) is 2.14. The maximum absolute atomic E-state index is 3.58. The van der Waals surface area contributed by atoms with Crippen molar-refractivity contribution in [2.24, 2.45) is 17.8 Å². The summed E-state index contributed by atoms with van der Waals surface area (Å²) in [6, 6.07) is 0. The van der Waals surface area contributed by atoms with Crippen LogP contribution in [0.1, 0.15) is 33.6 Å². The lowest BCUT2D eigenvalue weighted by Gasteiger charge is -2.34. The van der Waals surface area contributed by atoms with Gasteiger partial charge in [-0.3, -0.25) is 0 Å². The van der Waals surface area contributed by atoms with Gasteiger partial charge in [-0.25, -0.2) is 0 Å².